The number of rotatable bonds is 19. The quantitative estimate of drug-likeness (QED) is 0.0750. The van der Waals surface area contributed by atoms with Crippen LogP contribution in [0, 0.1) is 5.92 Å². The lowest BCUT2D eigenvalue weighted by Crippen LogP contribution is -2.53. The molecule has 1 saturated heterocycles. The number of likely N-dealkylation sites (tertiary alicyclic amines) is 1. The van der Waals surface area contributed by atoms with E-state index in [1.54, 1.807) is 24.3 Å². The molecule has 0 aromatic heterocycles. The SMILES string of the molecule is CC(=O)OCc1ccc(NC(=O)[C@H](CCCNC(N)=O)NC(=O)[C@@H]2CCCN2C(=O)[C@H](CCC(=O)O)CC(=O)CCN2C(=O)C=CC2=O)cc1. The van der Waals surface area contributed by atoms with Crippen molar-refractivity contribution >= 4 is 59.0 Å². The van der Waals surface area contributed by atoms with Crippen LogP contribution in [-0.4, -0.2) is 99.9 Å². The van der Waals surface area contributed by atoms with E-state index in [2.05, 4.69) is 16.0 Å². The van der Waals surface area contributed by atoms with Gasteiger partial charge in [-0.05, 0) is 49.8 Å². The van der Waals surface area contributed by atoms with E-state index in [0.29, 0.717) is 17.7 Å². The molecule has 2 aliphatic rings. The lowest BCUT2D eigenvalue weighted by Gasteiger charge is -2.29. The van der Waals surface area contributed by atoms with Gasteiger partial charge >= 0.3 is 18.0 Å². The number of carboxylic acids is 1. The van der Waals surface area contributed by atoms with Crippen molar-refractivity contribution in [1.82, 2.24) is 20.4 Å². The number of Topliss-reactive ketones (excluding diaryl/α,β-unsaturated/α-hetero) is 1. The molecule has 3 rings (SSSR count). The van der Waals surface area contributed by atoms with Crippen LogP contribution in [0.2, 0.25) is 0 Å². The number of nitrogens with one attached hydrogen (secondary N) is 3. The number of carbonyl (C=O) groups excluding carboxylic acids is 8. The summed E-state index contributed by atoms with van der Waals surface area (Å²) in [4.78, 5) is 113. The van der Waals surface area contributed by atoms with Crippen molar-refractivity contribution < 1.29 is 53.0 Å². The second-order valence-electron chi connectivity index (χ2n) is 11.9. The number of imide groups is 1. The second kappa shape index (κ2) is 18.8. The summed E-state index contributed by atoms with van der Waals surface area (Å²) in [5.41, 5.74) is 6.21. The summed E-state index contributed by atoms with van der Waals surface area (Å²) >= 11 is 0. The number of urea groups is 1. The Kier molecular flexibility index (Phi) is 14.6. The molecule has 7 amide bonds. The van der Waals surface area contributed by atoms with Gasteiger partial charge in [-0.2, -0.15) is 0 Å². The average molecular weight is 699 g/mol. The fourth-order valence-corrected chi connectivity index (χ4v) is 5.57. The molecule has 17 heteroatoms. The summed E-state index contributed by atoms with van der Waals surface area (Å²) in [5, 5.41) is 17.1. The molecule has 1 fully saturated rings. The van der Waals surface area contributed by atoms with E-state index in [1.807, 2.05) is 0 Å². The second-order valence-corrected chi connectivity index (χ2v) is 11.9. The van der Waals surface area contributed by atoms with Crippen LogP contribution in [0.3, 0.4) is 0 Å². The van der Waals surface area contributed by atoms with Crippen molar-refractivity contribution in [3.05, 3.63) is 42.0 Å². The van der Waals surface area contributed by atoms with Crippen LogP contribution >= 0.6 is 0 Å². The molecular formula is C33H42N6O11. The Balaban J connectivity index is 1.69. The van der Waals surface area contributed by atoms with Crippen LogP contribution in [0.15, 0.2) is 36.4 Å². The van der Waals surface area contributed by atoms with Crippen molar-refractivity contribution in [2.75, 3.05) is 25.0 Å². The number of ether oxygens (including phenoxy) is 1. The molecule has 0 bridgehead atoms. The van der Waals surface area contributed by atoms with E-state index < -0.39 is 77.7 Å². The van der Waals surface area contributed by atoms with Crippen LogP contribution in [0.4, 0.5) is 10.5 Å². The normalized spacial score (nSPS) is 16.5. The number of amides is 7. The van der Waals surface area contributed by atoms with Gasteiger partial charge in [0.15, 0.2) is 0 Å². The molecular weight excluding hydrogens is 656 g/mol. The number of hydrogen-bond acceptors (Lipinski definition) is 10. The summed E-state index contributed by atoms with van der Waals surface area (Å²) in [6, 6.07) is 3.64. The van der Waals surface area contributed by atoms with Crippen molar-refractivity contribution in [2.24, 2.45) is 11.7 Å². The fourth-order valence-electron chi connectivity index (χ4n) is 5.57. The molecule has 6 N–H and O–H groups in total. The Morgan fingerprint density at radius 1 is 1.00 bits per heavy atom. The smallest absolute Gasteiger partial charge is 0.312 e. The zero-order chi connectivity index (χ0) is 36.8. The molecule has 0 radical (unpaired) electrons. The Labute approximate surface area is 287 Å². The number of nitrogens with two attached hydrogens (primary N) is 1. The Bertz CT molecular complexity index is 1490. The molecule has 3 atom stereocenters. The number of ketones is 1. The third kappa shape index (κ3) is 12.1. The van der Waals surface area contributed by atoms with Crippen LogP contribution in [0.25, 0.3) is 0 Å². The lowest BCUT2D eigenvalue weighted by atomic mass is 9.93. The van der Waals surface area contributed by atoms with Gasteiger partial charge in [0.25, 0.3) is 11.8 Å². The summed E-state index contributed by atoms with van der Waals surface area (Å²) in [6.45, 7) is 1.44. The van der Waals surface area contributed by atoms with Gasteiger partial charge in [-0.1, -0.05) is 12.1 Å². The first kappa shape index (κ1) is 38.8. The molecule has 1 aromatic carbocycles. The average Bonchev–Trinajstić information content (AvgIpc) is 3.68. The minimum absolute atomic E-state index is 0.0510. The van der Waals surface area contributed by atoms with E-state index in [-0.39, 0.29) is 64.8 Å². The van der Waals surface area contributed by atoms with Gasteiger partial charge in [0.05, 0.1) is 0 Å². The van der Waals surface area contributed by atoms with E-state index in [4.69, 9.17) is 10.5 Å². The van der Waals surface area contributed by atoms with Gasteiger partial charge < -0.3 is 36.4 Å². The van der Waals surface area contributed by atoms with Gasteiger partial charge in [-0.25, -0.2) is 4.79 Å². The topological polar surface area (TPSA) is 252 Å². The minimum atomic E-state index is -1.18. The van der Waals surface area contributed by atoms with Gasteiger partial charge in [-0.15, -0.1) is 0 Å². The van der Waals surface area contributed by atoms with Crippen LogP contribution in [0.5, 0.6) is 0 Å². The van der Waals surface area contributed by atoms with Crippen molar-refractivity contribution in [2.45, 2.75) is 77.0 Å². The molecule has 0 spiro atoms. The third-order valence-electron chi connectivity index (χ3n) is 8.15. The lowest BCUT2D eigenvalue weighted by molar-refractivity contribution is -0.145. The first-order valence-electron chi connectivity index (χ1n) is 16.2. The first-order chi connectivity index (χ1) is 23.7. The third-order valence-corrected chi connectivity index (χ3v) is 8.15. The number of esters is 1. The Hall–Kier alpha value is -5.61. The molecule has 50 heavy (non-hydrogen) atoms. The summed E-state index contributed by atoms with van der Waals surface area (Å²) in [7, 11) is 0. The number of anilines is 1. The largest absolute Gasteiger partial charge is 0.481 e. The van der Waals surface area contributed by atoms with E-state index in [0.717, 1.165) is 17.1 Å². The maximum Gasteiger partial charge on any atom is 0.312 e. The van der Waals surface area contributed by atoms with Crippen LogP contribution in [-0.2, 0) is 49.7 Å². The molecule has 270 valence electrons. The molecule has 2 aliphatic heterocycles. The van der Waals surface area contributed by atoms with Crippen LogP contribution < -0.4 is 21.7 Å². The zero-order valence-corrected chi connectivity index (χ0v) is 27.7. The van der Waals surface area contributed by atoms with Crippen molar-refractivity contribution in [3.63, 3.8) is 0 Å². The maximum atomic E-state index is 13.7. The van der Waals surface area contributed by atoms with Gasteiger partial charge in [0.1, 0.15) is 24.5 Å². The maximum absolute atomic E-state index is 13.7. The molecule has 1 aromatic rings. The van der Waals surface area contributed by atoms with E-state index >= 15 is 0 Å². The molecule has 0 unspecified atom stereocenters. The number of aliphatic carboxylic acids is 1. The number of carboxylic acid groups (broad SMARTS) is 1. The highest BCUT2D eigenvalue weighted by molar-refractivity contribution is 6.13. The highest BCUT2D eigenvalue weighted by atomic mass is 16.5. The molecule has 17 nitrogen and oxygen atoms in total. The van der Waals surface area contributed by atoms with Gasteiger partial charge in [0.2, 0.25) is 17.7 Å². The number of nitrogens with zero attached hydrogens (tertiary/aromatic N) is 2. The first-order valence-corrected chi connectivity index (χ1v) is 16.2. The number of primary amides is 1. The molecule has 0 saturated carbocycles. The summed E-state index contributed by atoms with van der Waals surface area (Å²) in [5.74, 6) is -6.05. The Morgan fingerprint density at radius 2 is 1.68 bits per heavy atom. The highest BCUT2D eigenvalue weighted by Gasteiger charge is 2.39. The van der Waals surface area contributed by atoms with Crippen molar-refractivity contribution in [3.8, 4) is 0 Å². The zero-order valence-electron chi connectivity index (χ0n) is 27.7. The summed E-state index contributed by atoms with van der Waals surface area (Å²) < 4.78 is 4.96. The standard InChI is InChI=1S/C33H42N6O11/c1-20(40)50-19-21-6-9-23(10-7-21)36-30(46)25(4-2-15-35-33(34)49)37-31(47)26-5-3-16-38(26)32(48)22(8-13-29(44)45)18-24(41)14-17-39-27(42)11-12-28(39)43/h6-7,9-12,22,25-26H,2-5,8,13-19H2,1H3,(H,36,46)(H,37,47)(H,44,45)(H3,34,35,49)/t22-,25+,26+/m1/s1. The van der Waals surface area contributed by atoms with Gasteiger partial charge in [0, 0.05) is 69.6 Å². The highest BCUT2D eigenvalue weighted by Crippen LogP contribution is 2.25. The molecule has 0 aliphatic carbocycles. The molecule has 2 heterocycles. The van der Waals surface area contributed by atoms with E-state index in [9.17, 15) is 48.3 Å². The Morgan fingerprint density at radius 3 is 2.30 bits per heavy atom. The van der Waals surface area contributed by atoms with E-state index in [1.165, 1.54) is 11.8 Å². The monoisotopic (exact) mass is 698 g/mol. The van der Waals surface area contributed by atoms with Crippen molar-refractivity contribution in [1.29, 1.82) is 0 Å². The minimum Gasteiger partial charge on any atom is -0.481 e. The van der Waals surface area contributed by atoms with Gasteiger partial charge in [-0.3, -0.25) is 43.3 Å². The number of hydrogen-bond donors (Lipinski definition) is 5. The number of benzene rings is 1. The fraction of sp³-hybridized carbons (Fsp3) is 0.485. The summed E-state index contributed by atoms with van der Waals surface area (Å²) in [6.07, 6.45) is 2.07. The van der Waals surface area contributed by atoms with Crippen LogP contribution in [0.1, 0.15) is 63.9 Å². The predicted molar refractivity (Wildman–Crippen MR) is 174 cm³/mol. The predicted octanol–water partition coefficient (Wildman–Crippen LogP) is 0.368. The number of carbonyl (C=O) groups is 9.